The lowest BCUT2D eigenvalue weighted by molar-refractivity contribution is 0.0602. The maximum absolute atomic E-state index is 12.6. The van der Waals surface area contributed by atoms with Gasteiger partial charge in [-0.25, -0.2) is 19.6 Å². The standard InChI is InChI=1S/C19H15N3O5S/c1-10-3-5-11(6-4-10)12-9-28-17(13(12)19(26)27-2)22-16(23)14-15(18(24)25)21-8-7-20-14/h3-9H,1-2H3,(H,22,23)(H,24,25). The van der Waals surface area contributed by atoms with Crippen LogP contribution in [0, 0.1) is 6.92 Å². The summed E-state index contributed by atoms with van der Waals surface area (Å²) in [5.74, 6) is -2.78. The van der Waals surface area contributed by atoms with Gasteiger partial charge in [-0.15, -0.1) is 11.3 Å². The largest absolute Gasteiger partial charge is 0.476 e. The summed E-state index contributed by atoms with van der Waals surface area (Å²) in [6, 6.07) is 7.54. The van der Waals surface area contributed by atoms with E-state index in [4.69, 9.17) is 4.74 Å². The number of nitrogens with one attached hydrogen (secondary N) is 1. The summed E-state index contributed by atoms with van der Waals surface area (Å²) < 4.78 is 4.86. The van der Waals surface area contributed by atoms with Crippen molar-refractivity contribution in [2.75, 3.05) is 12.4 Å². The summed E-state index contributed by atoms with van der Waals surface area (Å²) in [5.41, 5.74) is 1.81. The molecule has 3 rings (SSSR count). The first-order valence-corrected chi connectivity index (χ1v) is 8.92. The average Bonchev–Trinajstić information content (AvgIpc) is 3.11. The van der Waals surface area contributed by atoms with Gasteiger partial charge in [-0.3, -0.25) is 4.79 Å². The molecule has 0 saturated heterocycles. The second-order valence-corrected chi connectivity index (χ2v) is 6.60. The molecule has 8 nitrogen and oxygen atoms in total. The van der Waals surface area contributed by atoms with Crippen LogP contribution in [-0.4, -0.2) is 40.0 Å². The van der Waals surface area contributed by atoms with Crippen LogP contribution in [0.1, 0.15) is 36.9 Å². The molecular weight excluding hydrogens is 382 g/mol. The van der Waals surface area contributed by atoms with Gasteiger partial charge in [0.2, 0.25) is 0 Å². The molecule has 0 saturated carbocycles. The Labute approximate surface area is 163 Å². The predicted octanol–water partition coefficient (Wildman–Crippen LogP) is 3.25. The third-order valence-electron chi connectivity index (χ3n) is 3.89. The number of aromatic nitrogens is 2. The Kier molecular flexibility index (Phi) is 5.46. The molecule has 9 heteroatoms. The second kappa shape index (κ2) is 7.97. The quantitative estimate of drug-likeness (QED) is 0.634. The normalized spacial score (nSPS) is 10.4. The van der Waals surface area contributed by atoms with Crippen molar-refractivity contribution in [3.63, 3.8) is 0 Å². The van der Waals surface area contributed by atoms with E-state index in [-0.39, 0.29) is 16.3 Å². The second-order valence-electron chi connectivity index (χ2n) is 5.72. The Balaban J connectivity index is 2.01. The third kappa shape index (κ3) is 3.74. The van der Waals surface area contributed by atoms with Crippen molar-refractivity contribution >= 4 is 34.2 Å². The molecule has 0 aliphatic heterocycles. The first kappa shape index (κ1) is 19.2. The van der Waals surface area contributed by atoms with Crippen LogP contribution >= 0.6 is 11.3 Å². The number of carbonyl (C=O) groups excluding carboxylic acids is 2. The Morgan fingerprint density at radius 1 is 1.07 bits per heavy atom. The van der Waals surface area contributed by atoms with E-state index >= 15 is 0 Å². The topological polar surface area (TPSA) is 118 Å². The molecule has 142 valence electrons. The number of rotatable bonds is 5. The molecule has 1 aromatic carbocycles. The number of aromatic carboxylic acids is 1. The number of ether oxygens (including phenoxy) is 1. The molecule has 2 N–H and O–H groups in total. The average molecular weight is 397 g/mol. The molecule has 28 heavy (non-hydrogen) atoms. The van der Waals surface area contributed by atoms with Crippen LogP contribution in [0.3, 0.4) is 0 Å². The Morgan fingerprint density at radius 2 is 1.71 bits per heavy atom. The number of amides is 1. The first-order valence-electron chi connectivity index (χ1n) is 8.05. The minimum atomic E-state index is -1.38. The molecule has 0 aliphatic carbocycles. The van der Waals surface area contributed by atoms with Crippen LogP contribution in [0.25, 0.3) is 11.1 Å². The summed E-state index contributed by atoms with van der Waals surface area (Å²) >= 11 is 1.13. The van der Waals surface area contributed by atoms with Crippen LogP contribution in [0.4, 0.5) is 5.00 Å². The molecule has 0 radical (unpaired) electrons. The van der Waals surface area contributed by atoms with Crippen LogP contribution in [-0.2, 0) is 4.74 Å². The van der Waals surface area contributed by atoms with Gasteiger partial charge in [-0.2, -0.15) is 0 Å². The van der Waals surface area contributed by atoms with Crippen molar-refractivity contribution in [2.24, 2.45) is 0 Å². The molecule has 0 aliphatic rings. The van der Waals surface area contributed by atoms with E-state index in [1.165, 1.54) is 19.5 Å². The third-order valence-corrected chi connectivity index (χ3v) is 4.78. The van der Waals surface area contributed by atoms with Crippen molar-refractivity contribution in [3.05, 3.63) is 64.6 Å². The van der Waals surface area contributed by atoms with Gasteiger partial charge in [-0.05, 0) is 12.5 Å². The summed E-state index contributed by atoms with van der Waals surface area (Å²) in [6.07, 6.45) is 2.40. The highest BCUT2D eigenvalue weighted by molar-refractivity contribution is 7.15. The number of carbonyl (C=O) groups is 3. The lowest BCUT2D eigenvalue weighted by Gasteiger charge is -2.08. The van der Waals surface area contributed by atoms with E-state index in [0.717, 1.165) is 22.5 Å². The molecule has 0 bridgehead atoms. The SMILES string of the molecule is COC(=O)c1c(-c2ccc(C)cc2)csc1NC(=O)c1nccnc1C(=O)O. The van der Waals surface area contributed by atoms with E-state index < -0.39 is 23.5 Å². The van der Waals surface area contributed by atoms with Crippen molar-refractivity contribution in [1.29, 1.82) is 0 Å². The number of nitrogens with zero attached hydrogens (tertiary/aromatic N) is 2. The fraction of sp³-hybridized carbons (Fsp3) is 0.105. The number of hydrogen-bond acceptors (Lipinski definition) is 7. The Morgan fingerprint density at radius 3 is 2.32 bits per heavy atom. The predicted molar refractivity (Wildman–Crippen MR) is 103 cm³/mol. The molecule has 0 atom stereocenters. The summed E-state index contributed by atoms with van der Waals surface area (Å²) in [7, 11) is 1.25. The van der Waals surface area contributed by atoms with Crippen LogP contribution in [0.2, 0.25) is 0 Å². The maximum Gasteiger partial charge on any atom is 0.356 e. The number of carboxylic acids is 1. The smallest absolute Gasteiger partial charge is 0.356 e. The molecule has 0 fully saturated rings. The maximum atomic E-state index is 12.6. The lowest BCUT2D eigenvalue weighted by atomic mass is 10.0. The summed E-state index contributed by atoms with van der Waals surface area (Å²) in [6.45, 7) is 1.95. The summed E-state index contributed by atoms with van der Waals surface area (Å²) in [4.78, 5) is 43.7. The van der Waals surface area contributed by atoms with Crippen LogP contribution < -0.4 is 5.32 Å². The fourth-order valence-electron chi connectivity index (χ4n) is 2.52. The van der Waals surface area contributed by atoms with Crippen molar-refractivity contribution in [3.8, 4) is 11.1 Å². The Hall–Kier alpha value is -3.59. The highest BCUT2D eigenvalue weighted by Crippen LogP contribution is 2.36. The van der Waals surface area contributed by atoms with Gasteiger partial charge in [0.15, 0.2) is 11.4 Å². The zero-order chi connectivity index (χ0) is 20.3. The number of anilines is 1. The number of aryl methyl sites for hydroxylation is 1. The van der Waals surface area contributed by atoms with Gasteiger partial charge >= 0.3 is 11.9 Å². The number of methoxy groups -OCH3 is 1. The molecular formula is C19H15N3O5S. The zero-order valence-corrected chi connectivity index (χ0v) is 15.7. The first-order chi connectivity index (χ1) is 13.4. The zero-order valence-electron chi connectivity index (χ0n) is 14.9. The van der Waals surface area contributed by atoms with Gasteiger partial charge < -0.3 is 15.2 Å². The van der Waals surface area contributed by atoms with Crippen LogP contribution in [0.15, 0.2) is 42.0 Å². The number of carboxylic acid groups (broad SMARTS) is 1. The minimum absolute atomic E-state index is 0.186. The Bertz CT molecular complexity index is 1060. The van der Waals surface area contributed by atoms with E-state index in [0.29, 0.717) is 5.56 Å². The number of benzene rings is 1. The molecule has 2 heterocycles. The number of thiophene rings is 1. The van der Waals surface area contributed by atoms with E-state index in [1.807, 2.05) is 31.2 Å². The van der Waals surface area contributed by atoms with Gasteiger partial charge in [0, 0.05) is 23.3 Å². The molecule has 0 spiro atoms. The highest BCUT2D eigenvalue weighted by atomic mass is 32.1. The van der Waals surface area contributed by atoms with Gasteiger partial charge in [0.1, 0.15) is 10.6 Å². The highest BCUT2D eigenvalue weighted by Gasteiger charge is 2.25. The lowest BCUT2D eigenvalue weighted by Crippen LogP contribution is -2.20. The van der Waals surface area contributed by atoms with Gasteiger partial charge in [0.25, 0.3) is 5.91 Å². The van der Waals surface area contributed by atoms with E-state index in [2.05, 4.69) is 15.3 Å². The minimum Gasteiger partial charge on any atom is -0.476 e. The number of hydrogen-bond donors (Lipinski definition) is 2. The van der Waals surface area contributed by atoms with E-state index in [1.54, 1.807) is 5.38 Å². The number of esters is 1. The summed E-state index contributed by atoms with van der Waals surface area (Å²) in [5, 5.41) is 13.7. The van der Waals surface area contributed by atoms with Crippen molar-refractivity contribution in [2.45, 2.75) is 6.92 Å². The van der Waals surface area contributed by atoms with Gasteiger partial charge in [-0.1, -0.05) is 29.8 Å². The van der Waals surface area contributed by atoms with Crippen molar-refractivity contribution < 1.29 is 24.2 Å². The van der Waals surface area contributed by atoms with Crippen molar-refractivity contribution in [1.82, 2.24) is 9.97 Å². The molecule has 0 unspecified atom stereocenters. The molecule has 3 aromatic rings. The molecule has 1 amide bonds. The fourth-order valence-corrected chi connectivity index (χ4v) is 3.48. The van der Waals surface area contributed by atoms with Gasteiger partial charge in [0.05, 0.1) is 7.11 Å². The molecule has 2 aromatic heterocycles. The van der Waals surface area contributed by atoms with E-state index in [9.17, 15) is 19.5 Å². The van der Waals surface area contributed by atoms with Crippen LogP contribution in [0.5, 0.6) is 0 Å². The monoisotopic (exact) mass is 397 g/mol.